The highest BCUT2D eigenvalue weighted by atomic mass is 32.1. The second kappa shape index (κ2) is 6.37. The number of rotatable bonds is 3. The lowest BCUT2D eigenvalue weighted by Gasteiger charge is -2.06. The first kappa shape index (κ1) is 18.0. The van der Waals surface area contributed by atoms with Crippen LogP contribution in [0.15, 0.2) is 27.9 Å². The maximum atomic E-state index is 13.7. The van der Waals surface area contributed by atoms with E-state index in [1.165, 1.54) is 35.6 Å². The standard InChI is InChI=1S/C17H15FN6O3S/c1-8-4-10-12(5-9(8)18)28-16(20-10)21-13(25)7-24-14-11(6-19-24)22(2)17(27)23(3)15(14)26/h4-6H,7H2,1-3H3,(H,20,21,25). The second-order valence-corrected chi connectivity index (χ2v) is 7.41. The van der Waals surface area contributed by atoms with Crippen LogP contribution >= 0.6 is 11.3 Å². The molecule has 1 amide bonds. The van der Waals surface area contributed by atoms with Gasteiger partial charge in [0.1, 0.15) is 12.4 Å². The molecule has 1 N–H and O–H groups in total. The van der Waals surface area contributed by atoms with E-state index in [2.05, 4.69) is 15.4 Å². The Labute approximate surface area is 160 Å². The fourth-order valence-electron chi connectivity index (χ4n) is 2.94. The second-order valence-electron chi connectivity index (χ2n) is 6.38. The molecule has 0 unspecified atom stereocenters. The number of hydrogen-bond acceptors (Lipinski definition) is 6. The number of fused-ring (bicyclic) bond motifs is 2. The third-order valence-corrected chi connectivity index (χ3v) is 5.40. The Bertz CT molecular complexity index is 1340. The molecule has 3 aromatic heterocycles. The molecule has 0 aliphatic carbocycles. The number of thiazole rings is 1. The van der Waals surface area contributed by atoms with E-state index in [0.717, 1.165) is 15.9 Å². The minimum Gasteiger partial charge on any atom is -0.300 e. The van der Waals surface area contributed by atoms with Gasteiger partial charge in [0, 0.05) is 14.1 Å². The van der Waals surface area contributed by atoms with Gasteiger partial charge in [0.15, 0.2) is 10.6 Å². The zero-order chi connectivity index (χ0) is 20.2. The van der Waals surface area contributed by atoms with Crippen LogP contribution in [0.5, 0.6) is 0 Å². The third-order valence-electron chi connectivity index (χ3n) is 4.47. The molecule has 0 atom stereocenters. The van der Waals surface area contributed by atoms with Crippen molar-refractivity contribution in [1.29, 1.82) is 0 Å². The van der Waals surface area contributed by atoms with Crippen molar-refractivity contribution in [2.45, 2.75) is 13.5 Å². The van der Waals surface area contributed by atoms with Crippen LogP contribution in [0, 0.1) is 12.7 Å². The van der Waals surface area contributed by atoms with E-state index < -0.39 is 17.2 Å². The molecule has 3 heterocycles. The first-order chi connectivity index (χ1) is 13.3. The van der Waals surface area contributed by atoms with Crippen LogP contribution in [-0.2, 0) is 25.4 Å². The lowest BCUT2D eigenvalue weighted by Crippen LogP contribution is -2.37. The van der Waals surface area contributed by atoms with Crippen LogP contribution in [0.3, 0.4) is 0 Å². The fourth-order valence-corrected chi connectivity index (χ4v) is 3.83. The number of carbonyl (C=O) groups is 1. The molecule has 0 radical (unpaired) electrons. The van der Waals surface area contributed by atoms with Crippen molar-refractivity contribution < 1.29 is 9.18 Å². The van der Waals surface area contributed by atoms with Gasteiger partial charge in [0.25, 0.3) is 5.56 Å². The molecule has 0 bridgehead atoms. The lowest BCUT2D eigenvalue weighted by atomic mass is 10.2. The molecule has 4 rings (SSSR count). The number of nitrogens with zero attached hydrogens (tertiary/aromatic N) is 5. The molecule has 9 nitrogen and oxygen atoms in total. The normalized spacial score (nSPS) is 11.4. The van der Waals surface area contributed by atoms with Crippen LogP contribution in [-0.4, -0.2) is 29.8 Å². The summed E-state index contributed by atoms with van der Waals surface area (Å²) in [4.78, 5) is 41.1. The van der Waals surface area contributed by atoms with Crippen molar-refractivity contribution in [3.05, 3.63) is 50.5 Å². The van der Waals surface area contributed by atoms with Gasteiger partial charge in [-0.25, -0.2) is 18.9 Å². The molecule has 0 saturated heterocycles. The van der Waals surface area contributed by atoms with E-state index in [0.29, 0.717) is 26.4 Å². The topological polar surface area (TPSA) is 104 Å². The van der Waals surface area contributed by atoms with E-state index in [1.807, 2.05) is 0 Å². The minimum absolute atomic E-state index is 0.154. The average molecular weight is 402 g/mol. The third kappa shape index (κ3) is 2.80. The molecule has 0 saturated carbocycles. The van der Waals surface area contributed by atoms with E-state index in [-0.39, 0.29) is 17.9 Å². The molecule has 0 spiro atoms. The first-order valence-corrected chi connectivity index (χ1v) is 9.06. The summed E-state index contributed by atoms with van der Waals surface area (Å²) in [5.41, 5.74) is 0.550. The quantitative estimate of drug-likeness (QED) is 0.553. The van der Waals surface area contributed by atoms with Crippen LogP contribution in [0.2, 0.25) is 0 Å². The predicted molar refractivity (Wildman–Crippen MR) is 103 cm³/mol. The van der Waals surface area contributed by atoms with E-state index in [1.54, 1.807) is 13.0 Å². The Kier molecular flexibility index (Phi) is 4.11. The Morgan fingerprint density at radius 1 is 1.25 bits per heavy atom. The Hall–Kier alpha value is -3.34. The summed E-state index contributed by atoms with van der Waals surface area (Å²) in [6.45, 7) is 1.41. The number of benzene rings is 1. The highest BCUT2D eigenvalue weighted by molar-refractivity contribution is 7.22. The van der Waals surface area contributed by atoms with Crippen LogP contribution < -0.4 is 16.6 Å². The SMILES string of the molecule is Cc1cc2nc(NC(=O)Cn3ncc4c3c(=O)n(C)c(=O)n4C)sc2cc1F. The van der Waals surface area contributed by atoms with Gasteiger partial charge in [-0.05, 0) is 24.6 Å². The van der Waals surface area contributed by atoms with Crippen molar-refractivity contribution in [3.63, 3.8) is 0 Å². The fraction of sp³-hybridized carbons (Fsp3) is 0.235. The minimum atomic E-state index is -0.533. The number of aryl methyl sites for hydroxylation is 2. The zero-order valence-electron chi connectivity index (χ0n) is 15.2. The number of hydrogen-bond donors (Lipinski definition) is 1. The molecule has 144 valence electrons. The molecule has 0 aliphatic heterocycles. The number of aromatic nitrogens is 5. The summed E-state index contributed by atoms with van der Waals surface area (Å²) in [5.74, 6) is -0.782. The predicted octanol–water partition coefficient (Wildman–Crippen LogP) is 1.13. The largest absolute Gasteiger partial charge is 0.331 e. The van der Waals surface area contributed by atoms with Crippen molar-refractivity contribution in [1.82, 2.24) is 23.9 Å². The van der Waals surface area contributed by atoms with Gasteiger partial charge in [-0.2, -0.15) is 5.10 Å². The lowest BCUT2D eigenvalue weighted by molar-refractivity contribution is -0.116. The number of amides is 1. The van der Waals surface area contributed by atoms with Crippen LogP contribution in [0.4, 0.5) is 9.52 Å². The van der Waals surface area contributed by atoms with E-state index in [9.17, 15) is 18.8 Å². The van der Waals surface area contributed by atoms with Crippen molar-refractivity contribution in [2.75, 3.05) is 5.32 Å². The Balaban J connectivity index is 1.64. The number of carbonyl (C=O) groups excluding carboxylic acids is 1. The molecule has 11 heteroatoms. The van der Waals surface area contributed by atoms with E-state index >= 15 is 0 Å². The molecule has 1 aromatic carbocycles. The van der Waals surface area contributed by atoms with Crippen LogP contribution in [0.25, 0.3) is 21.3 Å². The molecular weight excluding hydrogens is 387 g/mol. The molecule has 0 fully saturated rings. The highest BCUT2D eigenvalue weighted by Gasteiger charge is 2.17. The van der Waals surface area contributed by atoms with Gasteiger partial charge < -0.3 is 5.32 Å². The number of nitrogens with one attached hydrogen (secondary N) is 1. The molecule has 28 heavy (non-hydrogen) atoms. The summed E-state index contributed by atoms with van der Waals surface area (Å²) >= 11 is 1.15. The van der Waals surface area contributed by atoms with Crippen molar-refractivity contribution >= 4 is 43.6 Å². The summed E-state index contributed by atoms with van der Waals surface area (Å²) in [6.07, 6.45) is 1.37. The van der Waals surface area contributed by atoms with Gasteiger partial charge in [-0.15, -0.1) is 0 Å². The van der Waals surface area contributed by atoms with Crippen molar-refractivity contribution in [3.8, 4) is 0 Å². The summed E-state index contributed by atoms with van der Waals surface area (Å²) < 4.78 is 17.8. The van der Waals surface area contributed by atoms with Crippen molar-refractivity contribution in [2.24, 2.45) is 14.1 Å². The average Bonchev–Trinajstić information content (AvgIpc) is 3.22. The van der Waals surface area contributed by atoms with Gasteiger partial charge in [-0.3, -0.25) is 18.7 Å². The smallest absolute Gasteiger partial charge is 0.300 e. The maximum absolute atomic E-state index is 13.7. The summed E-state index contributed by atoms with van der Waals surface area (Å²) in [6, 6.07) is 2.99. The number of anilines is 1. The molecular formula is C17H15FN6O3S. The first-order valence-electron chi connectivity index (χ1n) is 8.24. The Morgan fingerprint density at radius 2 is 2.00 bits per heavy atom. The maximum Gasteiger partial charge on any atom is 0.331 e. The molecule has 4 aromatic rings. The van der Waals surface area contributed by atoms with E-state index in [4.69, 9.17) is 0 Å². The van der Waals surface area contributed by atoms with Gasteiger partial charge in [0.2, 0.25) is 5.91 Å². The number of halogens is 1. The zero-order valence-corrected chi connectivity index (χ0v) is 16.0. The van der Waals surface area contributed by atoms with Gasteiger partial charge in [-0.1, -0.05) is 11.3 Å². The van der Waals surface area contributed by atoms with Crippen LogP contribution in [0.1, 0.15) is 5.56 Å². The summed E-state index contributed by atoms with van der Waals surface area (Å²) in [7, 11) is 2.89. The summed E-state index contributed by atoms with van der Waals surface area (Å²) in [5, 5.41) is 7.03. The molecule has 0 aliphatic rings. The van der Waals surface area contributed by atoms with Gasteiger partial charge in [0.05, 0.1) is 21.9 Å². The monoisotopic (exact) mass is 402 g/mol. The highest BCUT2D eigenvalue weighted by Crippen LogP contribution is 2.28. The Morgan fingerprint density at radius 3 is 2.75 bits per heavy atom. The van der Waals surface area contributed by atoms with Gasteiger partial charge >= 0.3 is 5.69 Å².